The fraction of sp³-hybridized carbons (Fsp3) is 0.158. The Kier molecular flexibility index (Phi) is 5.35. The summed E-state index contributed by atoms with van der Waals surface area (Å²) in [7, 11) is 0. The van der Waals surface area contributed by atoms with Crippen LogP contribution in [0.2, 0.25) is 0 Å². The van der Waals surface area contributed by atoms with Crippen LogP contribution in [0.4, 0.5) is 21.7 Å². The molecule has 3 rings (SSSR count). The Morgan fingerprint density at radius 2 is 1.93 bits per heavy atom. The van der Waals surface area contributed by atoms with E-state index in [0.29, 0.717) is 12.1 Å². The topological polar surface area (TPSA) is 136 Å². The summed E-state index contributed by atoms with van der Waals surface area (Å²) in [5.41, 5.74) is 11.2. The number of benzene rings is 1. The van der Waals surface area contributed by atoms with Crippen LogP contribution < -0.4 is 22.1 Å². The Labute approximate surface area is 160 Å². The summed E-state index contributed by atoms with van der Waals surface area (Å²) in [5.74, 6) is -2.44. The summed E-state index contributed by atoms with van der Waals surface area (Å²) in [5, 5.41) is 7.49. The lowest BCUT2D eigenvalue weighted by Gasteiger charge is -2.17. The Hall–Kier alpha value is -3.75. The molecule has 6 N–H and O–H groups in total. The molecule has 0 bridgehead atoms. The summed E-state index contributed by atoms with van der Waals surface area (Å²) in [6.45, 7) is 1.72. The maximum absolute atomic E-state index is 14.4. The molecule has 8 nitrogen and oxygen atoms in total. The predicted octanol–water partition coefficient (Wildman–Crippen LogP) is 2.29. The number of nitrogens with one attached hydrogen (secondary N) is 2. The van der Waals surface area contributed by atoms with Crippen LogP contribution in [0, 0.1) is 5.82 Å². The molecule has 2 aromatic heterocycles. The van der Waals surface area contributed by atoms with Crippen molar-refractivity contribution in [2.45, 2.75) is 19.4 Å². The van der Waals surface area contributed by atoms with Crippen molar-refractivity contribution in [2.75, 3.05) is 10.6 Å². The number of nitrogens with two attached hydrogens (primary N) is 2. The van der Waals surface area contributed by atoms with Gasteiger partial charge in [0.05, 0.1) is 5.56 Å². The van der Waals surface area contributed by atoms with Crippen LogP contribution in [0.1, 0.15) is 23.7 Å². The van der Waals surface area contributed by atoms with Crippen molar-refractivity contribution in [2.24, 2.45) is 11.5 Å². The second kappa shape index (κ2) is 7.87. The van der Waals surface area contributed by atoms with Crippen LogP contribution >= 0.6 is 0 Å². The van der Waals surface area contributed by atoms with Gasteiger partial charge in [0.2, 0.25) is 5.91 Å². The van der Waals surface area contributed by atoms with Crippen LogP contribution in [0.15, 0.2) is 42.7 Å². The summed E-state index contributed by atoms with van der Waals surface area (Å²) >= 11 is 0. The van der Waals surface area contributed by atoms with E-state index in [1.54, 1.807) is 25.4 Å². The lowest BCUT2D eigenvalue weighted by atomic mass is 10.1. The van der Waals surface area contributed by atoms with Crippen molar-refractivity contribution in [3.63, 3.8) is 0 Å². The van der Waals surface area contributed by atoms with Crippen LogP contribution in [0.25, 0.3) is 10.8 Å². The van der Waals surface area contributed by atoms with Gasteiger partial charge in [-0.15, -0.1) is 0 Å². The lowest BCUT2D eigenvalue weighted by molar-refractivity contribution is -0.118. The first kappa shape index (κ1) is 19.0. The summed E-state index contributed by atoms with van der Waals surface area (Å²) in [6, 6.07) is 7.45. The molecule has 0 saturated carbocycles. The number of halogens is 1. The van der Waals surface area contributed by atoms with Crippen LogP contribution in [-0.2, 0) is 4.79 Å². The third kappa shape index (κ3) is 3.98. The number of carbonyl (C=O) groups excluding carboxylic acids is 2. The van der Waals surface area contributed by atoms with E-state index < -0.39 is 23.7 Å². The van der Waals surface area contributed by atoms with Crippen molar-refractivity contribution in [1.82, 2.24) is 9.97 Å². The number of nitrogens with zero attached hydrogens (tertiary/aromatic N) is 2. The van der Waals surface area contributed by atoms with Crippen LogP contribution in [-0.4, -0.2) is 27.8 Å². The summed E-state index contributed by atoms with van der Waals surface area (Å²) < 4.78 is 14.4. The number of hydrogen-bond acceptors (Lipinski definition) is 6. The molecule has 28 heavy (non-hydrogen) atoms. The molecule has 0 fully saturated rings. The molecular formula is C19H19FN6O2. The van der Waals surface area contributed by atoms with Crippen molar-refractivity contribution >= 4 is 39.9 Å². The number of aromatic nitrogens is 2. The quantitative estimate of drug-likeness (QED) is 0.495. The van der Waals surface area contributed by atoms with Crippen molar-refractivity contribution in [3.05, 3.63) is 54.1 Å². The minimum absolute atomic E-state index is 0.0594. The monoisotopic (exact) mass is 382 g/mol. The standard InChI is InChI=1S/C19H19FN6O2/c1-2-15(17(22)28)25-19-14(20)8-13(16(21)27)18(26-19)24-12-4-3-11-9-23-6-5-10(11)7-12/h3-9,15H,2H2,1H3,(H2,21,27)(H2,22,28)(H2,24,25,26)/t15-/m1/s1. The minimum atomic E-state index is -0.840. The van der Waals surface area contributed by atoms with E-state index in [0.717, 1.165) is 16.8 Å². The van der Waals surface area contributed by atoms with E-state index in [-0.39, 0.29) is 17.2 Å². The highest BCUT2D eigenvalue weighted by molar-refractivity contribution is 5.99. The number of primary amides is 2. The van der Waals surface area contributed by atoms with Gasteiger partial charge in [-0.25, -0.2) is 9.37 Å². The fourth-order valence-electron chi connectivity index (χ4n) is 2.71. The highest BCUT2D eigenvalue weighted by Crippen LogP contribution is 2.26. The highest BCUT2D eigenvalue weighted by atomic mass is 19.1. The average molecular weight is 382 g/mol. The molecule has 9 heteroatoms. The molecule has 0 spiro atoms. The van der Waals surface area contributed by atoms with Crippen LogP contribution in [0.3, 0.4) is 0 Å². The zero-order valence-electron chi connectivity index (χ0n) is 15.1. The molecule has 0 saturated heterocycles. The first-order valence-electron chi connectivity index (χ1n) is 8.56. The molecule has 0 radical (unpaired) electrons. The maximum atomic E-state index is 14.4. The predicted molar refractivity (Wildman–Crippen MR) is 105 cm³/mol. The van der Waals surface area contributed by atoms with Gasteiger partial charge in [0.25, 0.3) is 5.91 Å². The number of pyridine rings is 2. The molecule has 144 valence electrons. The number of hydrogen-bond donors (Lipinski definition) is 4. The largest absolute Gasteiger partial charge is 0.368 e. The van der Waals surface area contributed by atoms with E-state index in [1.165, 1.54) is 0 Å². The van der Waals surface area contributed by atoms with Gasteiger partial charge in [0, 0.05) is 23.5 Å². The Morgan fingerprint density at radius 1 is 1.14 bits per heavy atom. The lowest BCUT2D eigenvalue weighted by Crippen LogP contribution is -2.35. The van der Waals surface area contributed by atoms with E-state index in [9.17, 15) is 14.0 Å². The molecule has 2 heterocycles. The second-order valence-corrected chi connectivity index (χ2v) is 6.15. The minimum Gasteiger partial charge on any atom is -0.368 e. The molecule has 0 aliphatic carbocycles. The second-order valence-electron chi connectivity index (χ2n) is 6.15. The van der Waals surface area contributed by atoms with Crippen molar-refractivity contribution < 1.29 is 14.0 Å². The SMILES string of the molecule is CC[C@@H](Nc1nc(Nc2ccc3cnccc3c2)c(C(N)=O)cc1F)C(N)=O. The van der Waals surface area contributed by atoms with Crippen molar-refractivity contribution in [3.8, 4) is 0 Å². The summed E-state index contributed by atoms with van der Waals surface area (Å²) in [4.78, 5) is 31.4. The van der Waals surface area contributed by atoms with Gasteiger partial charge in [-0.1, -0.05) is 13.0 Å². The van der Waals surface area contributed by atoms with Gasteiger partial charge >= 0.3 is 0 Å². The Morgan fingerprint density at radius 3 is 2.61 bits per heavy atom. The Bertz CT molecular complexity index is 1060. The number of amides is 2. The van der Waals surface area contributed by atoms with E-state index in [4.69, 9.17) is 11.5 Å². The molecule has 1 aromatic carbocycles. The first-order chi connectivity index (χ1) is 13.4. The number of fused-ring (bicyclic) bond motifs is 1. The fourth-order valence-corrected chi connectivity index (χ4v) is 2.71. The van der Waals surface area contributed by atoms with Gasteiger partial charge in [-0.05, 0) is 36.1 Å². The smallest absolute Gasteiger partial charge is 0.252 e. The first-order valence-corrected chi connectivity index (χ1v) is 8.56. The van der Waals surface area contributed by atoms with Gasteiger partial charge in [-0.3, -0.25) is 14.6 Å². The van der Waals surface area contributed by atoms with Gasteiger partial charge in [-0.2, -0.15) is 0 Å². The average Bonchev–Trinajstić information content (AvgIpc) is 2.67. The molecular weight excluding hydrogens is 363 g/mol. The van der Waals surface area contributed by atoms with Crippen molar-refractivity contribution in [1.29, 1.82) is 0 Å². The van der Waals surface area contributed by atoms with Gasteiger partial charge < -0.3 is 22.1 Å². The van der Waals surface area contributed by atoms with E-state index in [1.807, 2.05) is 18.2 Å². The number of anilines is 3. The molecule has 0 aliphatic heterocycles. The molecule has 0 aliphatic rings. The van der Waals surface area contributed by atoms with Gasteiger partial charge in [0.1, 0.15) is 11.9 Å². The molecule has 3 aromatic rings. The number of carbonyl (C=O) groups is 2. The summed E-state index contributed by atoms with van der Waals surface area (Å²) in [6.07, 6.45) is 3.73. The zero-order valence-corrected chi connectivity index (χ0v) is 15.1. The third-order valence-electron chi connectivity index (χ3n) is 4.21. The Balaban J connectivity index is 2.00. The van der Waals surface area contributed by atoms with Gasteiger partial charge in [0.15, 0.2) is 11.6 Å². The molecule has 2 amide bonds. The normalized spacial score (nSPS) is 11.8. The van der Waals surface area contributed by atoms with Crippen LogP contribution in [0.5, 0.6) is 0 Å². The maximum Gasteiger partial charge on any atom is 0.252 e. The molecule has 0 unspecified atom stereocenters. The molecule has 1 atom stereocenters. The zero-order chi connectivity index (χ0) is 20.3. The highest BCUT2D eigenvalue weighted by Gasteiger charge is 2.20. The number of rotatable bonds is 7. The van der Waals surface area contributed by atoms with E-state index in [2.05, 4.69) is 20.6 Å². The third-order valence-corrected chi connectivity index (χ3v) is 4.21. The van der Waals surface area contributed by atoms with E-state index >= 15 is 0 Å².